The molecule has 0 N–H and O–H groups in total. The van der Waals surface area contributed by atoms with Crippen molar-refractivity contribution in [3.05, 3.63) is 0 Å². The van der Waals surface area contributed by atoms with Crippen molar-refractivity contribution < 1.29 is 0 Å². The molecular weight excluding hydrogens is 901 g/mol. The third-order valence-electron chi connectivity index (χ3n) is 26.8. The predicted octanol–water partition coefficient (Wildman–Crippen LogP) is 25.2. The first-order valence-electron chi connectivity index (χ1n) is 35.8. The fourth-order valence-corrected chi connectivity index (χ4v) is 20.1. The Balaban J connectivity index is 0.000000131. The van der Waals surface area contributed by atoms with Crippen molar-refractivity contribution in [3.8, 4) is 0 Å². The van der Waals surface area contributed by atoms with Crippen molar-refractivity contribution in [2.24, 2.45) is 104 Å². The highest BCUT2D eigenvalue weighted by Gasteiger charge is 2.46. The Morgan fingerprint density at radius 1 is 0.173 bits per heavy atom. The van der Waals surface area contributed by atoms with Gasteiger partial charge in [0.05, 0.1) is 0 Å². The maximum Gasteiger partial charge on any atom is -0.0295 e. The minimum Gasteiger partial charge on any atom is -0.0625 e. The number of hydrogen-bond donors (Lipinski definition) is 0. The predicted molar refractivity (Wildman–Crippen MR) is 332 cm³/mol. The normalized spacial score (nSPS) is 32.6. The van der Waals surface area contributed by atoms with Crippen molar-refractivity contribution in [1.29, 1.82) is 0 Å². The van der Waals surface area contributed by atoms with E-state index in [2.05, 4.69) is 83.1 Å². The summed E-state index contributed by atoms with van der Waals surface area (Å²) in [6.07, 6.45) is 69.2. The summed E-state index contributed by atoms with van der Waals surface area (Å²) in [4.78, 5) is 0. The summed E-state index contributed by atoms with van der Waals surface area (Å²) >= 11 is 0. The van der Waals surface area contributed by atoms with Crippen LogP contribution in [0.1, 0.15) is 372 Å². The molecule has 12 aliphatic rings. The molecule has 0 aromatic rings. The molecule has 6 spiro atoms. The molecule has 0 aliphatic heterocycles. The van der Waals surface area contributed by atoms with Gasteiger partial charge in [-0.3, -0.25) is 0 Å². The van der Waals surface area contributed by atoms with Crippen LogP contribution in [0.25, 0.3) is 0 Å². The van der Waals surface area contributed by atoms with Gasteiger partial charge in [0, 0.05) is 0 Å². The quantitative estimate of drug-likeness (QED) is 0.249. The van der Waals surface area contributed by atoms with Crippen LogP contribution in [0.5, 0.6) is 0 Å². The van der Waals surface area contributed by atoms with E-state index in [4.69, 9.17) is 0 Å². The molecular formula is C75H138. The maximum atomic E-state index is 2.42. The summed E-state index contributed by atoms with van der Waals surface area (Å²) in [5.74, 6) is 11.9. The van der Waals surface area contributed by atoms with Crippen LogP contribution in [0.3, 0.4) is 0 Å². The van der Waals surface area contributed by atoms with Gasteiger partial charge in [-0.15, -0.1) is 0 Å². The van der Waals surface area contributed by atoms with Crippen LogP contribution < -0.4 is 0 Å². The van der Waals surface area contributed by atoms with Gasteiger partial charge in [-0.1, -0.05) is 179 Å². The lowest BCUT2D eigenvalue weighted by atomic mass is 9.58. The summed E-state index contributed by atoms with van der Waals surface area (Å²) in [5, 5.41) is 0. The standard InChI is InChI=1S/C14H26.2C13H24.2C12H22.C11H20/c1-12(2)13-7-6-10-14(11-13)8-4-3-5-9-14;1-11(2)12-6-5-9-13(10-12)7-3-4-8-13;1-11(2)12-6-9-13(10-12)7-4-3-5-8-13;1-10(2)11-4-8-12(9-5-11)6-3-7-12;1-10(2)11-5-8-12(9-11)6-3-4-7-12;1-9(2)10-3-5-11(6-4-10)7-8-11/h12-13H,3-11H2,1-2H3;2*11-12H,3-10H2,1-2H3;2*10-11H,3-9H2,1-2H3;9-10H,3-8H2,1-2H3. The van der Waals surface area contributed by atoms with Crippen molar-refractivity contribution >= 4 is 0 Å². The second kappa shape index (κ2) is 28.8. The van der Waals surface area contributed by atoms with Gasteiger partial charge < -0.3 is 0 Å². The molecule has 0 aromatic carbocycles. The number of hydrogen-bond acceptors (Lipinski definition) is 0. The summed E-state index contributed by atoms with van der Waals surface area (Å²) in [6, 6.07) is 0. The van der Waals surface area contributed by atoms with Gasteiger partial charge in [0.15, 0.2) is 0 Å². The van der Waals surface area contributed by atoms with E-state index < -0.39 is 0 Å². The van der Waals surface area contributed by atoms with Crippen molar-refractivity contribution in [3.63, 3.8) is 0 Å². The van der Waals surface area contributed by atoms with Gasteiger partial charge in [-0.2, -0.15) is 0 Å². The fraction of sp³-hybridized carbons (Fsp3) is 1.00. The maximum absolute atomic E-state index is 2.42. The molecule has 0 heteroatoms. The highest BCUT2D eigenvalue weighted by atomic mass is 14.5. The number of rotatable bonds is 6. The lowest BCUT2D eigenvalue weighted by molar-refractivity contribution is 0.0449. The topological polar surface area (TPSA) is 0 Å². The molecule has 12 rings (SSSR count). The molecule has 12 fully saturated rings. The summed E-state index contributed by atoms with van der Waals surface area (Å²) in [7, 11) is 0. The molecule has 4 unspecified atom stereocenters. The zero-order valence-corrected chi connectivity index (χ0v) is 53.7. The average Bonchev–Trinajstić information content (AvgIpc) is 3.89. The summed E-state index contributed by atoms with van der Waals surface area (Å²) in [5.41, 5.74) is 5.07. The Kier molecular flexibility index (Phi) is 24.0. The van der Waals surface area contributed by atoms with Gasteiger partial charge in [0.2, 0.25) is 0 Å². The zero-order valence-electron chi connectivity index (χ0n) is 53.7. The van der Waals surface area contributed by atoms with E-state index in [1.54, 1.807) is 154 Å². The second-order valence-corrected chi connectivity index (χ2v) is 33.7. The first kappa shape index (κ1) is 62.6. The monoisotopic (exact) mass is 1040 g/mol. The first-order chi connectivity index (χ1) is 35.8. The molecule has 0 heterocycles. The highest BCUT2D eigenvalue weighted by Crippen LogP contribution is 2.59. The molecule has 0 saturated heterocycles. The first-order valence-corrected chi connectivity index (χ1v) is 35.8. The van der Waals surface area contributed by atoms with Crippen LogP contribution in [0.2, 0.25) is 0 Å². The molecule has 12 saturated carbocycles. The summed E-state index contributed by atoms with van der Waals surface area (Å²) in [6.45, 7) is 28.9. The van der Waals surface area contributed by atoms with Gasteiger partial charge in [-0.05, 0) is 296 Å². The van der Waals surface area contributed by atoms with Crippen LogP contribution in [0.15, 0.2) is 0 Å². The van der Waals surface area contributed by atoms with E-state index in [0.717, 1.165) is 104 Å². The van der Waals surface area contributed by atoms with E-state index >= 15 is 0 Å². The minimum atomic E-state index is 0.811. The van der Waals surface area contributed by atoms with E-state index in [-0.39, 0.29) is 0 Å². The molecule has 4 atom stereocenters. The Bertz CT molecular complexity index is 1530. The SMILES string of the molecule is CC(C)C1CCC2(CC1)CC2.CC(C)C1CCC2(CCC2)CC1.CC(C)C1CCC2(CCCC2)C1.CC(C)C1CCC2(CCCCC2)C1.CC(C)C1CCCC2(CCCC2)C1.CC(C)C1CCCC2(CCCCC2)C1. The van der Waals surface area contributed by atoms with Gasteiger partial charge in [0.25, 0.3) is 0 Å². The van der Waals surface area contributed by atoms with Gasteiger partial charge >= 0.3 is 0 Å². The van der Waals surface area contributed by atoms with E-state index in [9.17, 15) is 0 Å². The van der Waals surface area contributed by atoms with E-state index in [0.29, 0.717) is 0 Å². The molecule has 438 valence electrons. The van der Waals surface area contributed by atoms with Crippen molar-refractivity contribution in [2.75, 3.05) is 0 Å². The minimum absolute atomic E-state index is 0.811. The largest absolute Gasteiger partial charge is 0.0625 e. The molecule has 0 amide bonds. The molecule has 0 radical (unpaired) electrons. The van der Waals surface area contributed by atoms with E-state index in [1.165, 1.54) is 135 Å². The second-order valence-electron chi connectivity index (χ2n) is 33.7. The zero-order chi connectivity index (χ0) is 53.7. The van der Waals surface area contributed by atoms with Gasteiger partial charge in [-0.25, -0.2) is 0 Å². The van der Waals surface area contributed by atoms with Gasteiger partial charge in [0.1, 0.15) is 0 Å². The van der Waals surface area contributed by atoms with Crippen LogP contribution >= 0.6 is 0 Å². The highest BCUT2D eigenvalue weighted by molar-refractivity contribution is 4.98. The van der Waals surface area contributed by atoms with Crippen LogP contribution in [0.4, 0.5) is 0 Å². The average molecular weight is 1040 g/mol. The molecule has 0 bridgehead atoms. The lowest BCUT2D eigenvalue weighted by Crippen LogP contribution is -2.34. The van der Waals surface area contributed by atoms with Crippen LogP contribution in [0, 0.1) is 104 Å². The van der Waals surface area contributed by atoms with Crippen LogP contribution in [-0.4, -0.2) is 0 Å². The third-order valence-corrected chi connectivity index (χ3v) is 26.8. The Morgan fingerprint density at radius 2 is 0.373 bits per heavy atom. The molecule has 12 aliphatic carbocycles. The molecule has 0 nitrogen and oxygen atoms in total. The Labute approximate surface area is 473 Å². The van der Waals surface area contributed by atoms with Crippen LogP contribution in [-0.2, 0) is 0 Å². The Morgan fingerprint density at radius 3 is 0.613 bits per heavy atom. The third kappa shape index (κ3) is 18.2. The lowest BCUT2D eigenvalue weighted by Gasteiger charge is -2.47. The molecule has 0 aromatic heterocycles. The fourth-order valence-electron chi connectivity index (χ4n) is 20.1. The Hall–Kier alpha value is 0. The van der Waals surface area contributed by atoms with Crippen molar-refractivity contribution in [2.45, 2.75) is 372 Å². The van der Waals surface area contributed by atoms with Crippen molar-refractivity contribution in [1.82, 2.24) is 0 Å². The molecule has 75 heavy (non-hydrogen) atoms. The summed E-state index contributed by atoms with van der Waals surface area (Å²) < 4.78 is 0. The smallest absolute Gasteiger partial charge is 0.0295 e. The van der Waals surface area contributed by atoms with E-state index in [1.807, 2.05) is 0 Å².